The van der Waals surface area contributed by atoms with Crippen molar-refractivity contribution in [2.24, 2.45) is 0 Å². The third-order valence-electron chi connectivity index (χ3n) is 4.77. The zero-order chi connectivity index (χ0) is 23.1. The lowest BCUT2D eigenvalue weighted by molar-refractivity contribution is -0.116. The molecule has 32 heavy (non-hydrogen) atoms. The van der Waals surface area contributed by atoms with Crippen molar-refractivity contribution in [3.8, 4) is 11.3 Å². The highest BCUT2D eigenvalue weighted by Gasteiger charge is 2.19. The second kappa shape index (κ2) is 10.7. The van der Waals surface area contributed by atoms with E-state index in [9.17, 15) is 14.4 Å². The Hall–Kier alpha value is -3.46. The van der Waals surface area contributed by atoms with Gasteiger partial charge in [-0.1, -0.05) is 62.0 Å². The second-order valence-electron chi connectivity index (χ2n) is 7.02. The number of nitrogens with zero attached hydrogens (tertiary/aromatic N) is 2. The molecule has 0 fully saturated rings. The third kappa shape index (κ3) is 5.61. The lowest BCUT2D eigenvalue weighted by Gasteiger charge is -2.14. The van der Waals surface area contributed by atoms with Crippen LogP contribution in [0.25, 0.3) is 11.3 Å². The van der Waals surface area contributed by atoms with Crippen molar-refractivity contribution in [1.29, 1.82) is 0 Å². The van der Waals surface area contributed by atoms with Crippen LogP contribution in [0.2, 0.25) is 0 Å². The molecule has 8 nitrogen and oxygen atoms in total. The summed E-state index contributed by atoms with van der Waals surface area (Å²) in [7, 11) is 0. The van der Waals surface area contributed by atoms with Gasteiger partial charge in [0.25, 0.3) is 5.56 Å². The first-order valence-corrected chi connectivity index (χ1v) is 11.2. The average molecular weight is 452 g/mol. The van der Waals surface area contributed by atoms with E-state index in [1.54, 1.807) is 38.1 Å². The molecule has 2 amide bonds. The molecule has 0 aliphatic rings. The number of benzene rings is 2. The number of aromatic amines is 1. The molecule has 0 unspecified atom stereocenters. The van der Waals surface area contributed by atoms with E-state index >= 15 is 0 Å². The monoisotopic (exact) mass is 451 g/mol. The Morgan fingerprint density at radius 2 is 1.69 bits per heavy atom. The Morgan fingerprint density at radius 1 is 1.00 bits per heavy atom. The van der Waals surface area contributed by atoms with E-state index in [1.165, 1.54) is 0 Å². The minimum Gasteiger partial charge on any atom is -0.325 e. The maximum absolute atomic E-state index is 12.7. The first kappa shape index (κ1) is 23.2. The largest absolute Gasteiger partial charge is 0.325 e. The van der Waals surface area contributed by atoms with E-state index in [0.717, 1.165) is 29.4 Å². The van der Waals surface area contributed by atoms with E-state index in [-0.39, 0.29) is 22.7 Å². The van der Waals surface area contributed by atoms with Crippen molar-refractivity contribution in [1.82, 2.24) is 15.2 Å². The van der Waals surface area contributed by atoms with Crippen LogP contribution in [0.15, 0.2) is 58.5 Å². The lowest BCUT2D eigenvalue weighted by atomic mass is 10.1. The van der Waals surface area contributed by atoms with E-state index in [1.807, 2.05) is 31.2 Å². The standard InChI is InChI=1S/C23H25N5O3S/c1-4-15-10-6-8-12-17(15)25-21(30)14(3)32-23-26-22(31)20(27-28-23)16-11-7-9-13-18(16)24-19(29)5-2/h6-14H,4-5H2,1-3H3,(H,24,29)(H,25,30)(H,26,28,31)/t14-/m0/s1. The molecule has 2 aromatic carbocycles. The van der Waals surface area contributed by atoms with Gasteiger partial charge >= 0.3 is 0 Å². The molecule has 0 aliphatic carbocycles. The summed E-state index contributed by atoms with van der Waals surface area (Å²) in [6.07, 6.45) is 1.12. The van der Waals surface area contributed by atoms with Crippen LogP contribution in [0.3, 0.4) is 0 Å². The van der Waals surface area contributed by atoms with Crippen molar-refractivity contribution >= 4 is 35.0 Å². The molecule has 1 atom stereocenters. The quantitative estimate of drug-likeness (QED) is 0.448. The molecule has 0 saturated carbocycles. The zero-order valence-electron chi connectivity index (χ0n) is 18.1. The van der Waals surface area contributed by atoms with Gasteiger partial charge in [0, 0.05) is 17.7 Å². The van der Waals surface area contributed by atoms with Gasteiger partial charge in [0.1, 0.15) is 0 Å². The summed E-state index contributed by atoms with van der Waals surface area (Å²) < 4.78 is 0. The van der Waals surface area contributed by atoms with Gasteiger partial charge in [-0.25, -0.2) is 0 Å². The minimum absolute atomic E-state index is 0.0929. The van der Waals surface area contributed by atoms with Crippen LogP contribution in [0.5, 0.6) is 0 Å². The number of rotatable bonds is 8. The maximum atomic E-state index is 12.7. The van der Waals surface area contributed by atoms with Gasteiger partial charge in [-0.2, -0.15) is 0 Å². The molecule has 1 aromatic heterocycles. The summed E-state index contributed by atoms with van der Waals surface area (Å²) >= 11 is 1.11. The van der Waals surface area contributed by atoms with Gasteiger partial charge in [-0.3, -0.25) is 19.4 Å². The molecule has 0 saturated heterocycles. The minimum atomic E-state index is -0.508. The number of H-pyrrole nitrogens is 1. The van der Waals surface area contributed by atoms with Crippen LogP contribution in [-0.4, -0.2) is 32.2 Å². The number of carbonyl (C=O) groups is 2. The summed E-state index contributed by atoms with van der Waals surface area (Å²) in [4.78, 5) is 39.8. The SMILES string of the molecule is CCC(=O)Nc1ccccc1-c1nnc(S[C@@H](C)C(=O)Nc2ccccc2CC)[nH]c1=O. The number of anilines is 2. The number of aryl methyl sites for hydroxylation is 1. The predicted molar refractivity (Wildman–Crippen MR) is 127 cm³/mol. The normalized spacial score (nSPS) is 11.6. The van der Waals surface area contributed by atoms with Crippen molar-refractivity contribution in [2.75, 3.05) is 10.6 Å². The Morgan fingerprint density at radius 3 is 2.38 bits per heavy atom. The molecule has 0 radical (unpaired) electrons. The van der Waals surface area contributed by atoms with Gasteiger partial charge in [0.15, 0.2) is 10.9 Å². The highest BCUT2D eigenvalue weighted by atomic mass is 32.2. The summed E-state index contributed by atoms with van der Waals surface area (Å²) in [5.41, 5.74) is 2.42. The molecule has 9 heteroatoms. The smallest absolute Gasteiger partial charge is 0.278 e. The molecule has 0 bridgehead atoms. The van der Waals surface area contributed by atoms with Gasteiger partial charge in [-0.15, -0.1) is 10.2 Å². The summed E-state index contributed by atoms with van der Waals surface area (Å²) in [5, 5.41) is 13.6. The molecule has 0 aliphatic heterocycles. The number of para-hydroxylation sites is 2. The van der Waals surface area contributed by atoms with Crippen LogP contribution < -0.4 is 16.2 Å². The van der Waals surface area contributed by atoms with E-state index < -0.39 is 10.8 Å². The average Bonchev–Trinajstić information content (AvgIpc) is 2.80. The van der Waals surface area contributed by atoms with Crippen LogP contribution >= 0.6 is 11.8 Å². The number of hydrogen-bond donors (Lipinski definition) is 3. The van der Waals surface area contributed by atoms with Gasteiger partial charge in [0.05, 0.1) is 10.9 Å². The number of thioether (sulfide) groups is 1. The summed E-state index contributed by atoms with van der Waals surface area (Å²) in [6.45, 7) is 5.50. The molecule has 1 heterocycles. The molecule has 3 aromatic rings. The number of amides is 2. The van der Waals surface area contributed by atoms with Gasteiger partial charge in [0.2, 0.25) is 11.8 Å². The highest BCUT2D eigenvalue weighted by Crippen LogP contribution is 2.25. The molecular formula is C23H25N5O3S. The van der Waals surface area contributed by atoms with Crippen molar-refractivity contribution in [3.63, 3.8) is 0 Å². The van der Waals surface area contributed by atoms with Crippen LogP contribution in [-0.2, 0) is 16.0 Å². The lowest BCUT2D eigenvalue weighted by Crippen LogP contribution is -2.24. The van der Waals surface area contributed by atoms with Crippen LogP contribution in [0, 0.1) is 0 Å². The van der Waals surface area contributed by atoms with Gasteiger partial charge in [-0.05, 0) is 31.0 Å². The maximum Gasteiger partial charge on any atom is 0.278 e. The third-order valence-corrected chi connectivity index (χ3v) is 5.74. The first-order chi connectivity index (χ1) is 15.4. The van der Waals surface area contributed by atoms with E-state index in [4.69, 9.17) is 0 Å². The number of nitrogens with one attached hydrogen (secondary N) is 3. The van der Waals surface area contributed by atoms with Crippen molar-refractivity contribution in [2.45, 2.75) is 44.0 Å². The number of aromatic nitrogens is 3. The van der Waals surface area contributed by atoms with E-state index in [2.05, 4.69) is 25.8 Å². The Balaban J connectivity index is 1.75. The molecular weight excluding hydrogens is 426 g/mol. The Labute approximate surface area is 190 Å². The van der Waals surface area contributed by atoms with Crippen molar-refractivity contribution < 1.29 is 9.59 Å². The van der Waals surface area contributed by atoms with Crippen LogP contribution in [0.4, 0.5) is 11.4 Å². The Bertz CT molecular complexity index is 1180. The van der Waals surface area contributed by atoms with Crippen LogP contribution in [0.1, 0.15) is 32.8 Å². The fourth-order valence-corrected chi connectivity index (χ4v) is 3.73. The number of carbonyl (C=O) groups excluding carboxylic acids is 2. The molecule has 3 rings (SSSR count). The molecule has 3 N–H and O–H groups in total. The fourth-order valence-electron chi connectivity index (χ4n) is 2.99. The summed E-state index contributed by atoms with van der Waals surface area (Å²) in [5.74, 6) is -0.367. The molecule has 0 spiro atoms. The first-order valence-electron chi connectivity index (χ1n) is 10.3. The van der Waals surface area contributed by atoms with E-state index in [0.29, 0.717) is 17.7 Å². The Kier molecular flexibility index (Phi) is 7.77. The fraction of sp³-hybridized carbons (Fsp3) is 0.261. The predicted octanol–water partition coefficient (Wildman–Crippen LogP) is 3.86. The zero-order valence-corrected chi connectivity index (χ0v) is 19.0. The molecule has 166 valence electrons. The topological polar surface area (TPSA) is 117 Å². The highest BCUT2D eigenvalue weighted by molar-refractivity contribution is 8.00. The van der Waals surface area contributed by atoms with Gasteiger partial charge < -0.3 is 10.6 Å². The number of hydrogen-bond acceptors (Lipinski definition) is 6. The summed E-state index contributed by atoms with van der Waals surface area (Å²) in [6, 6.07) is 14.5. The van der Waals surface area contributed by atoms with Crippen molar-refractivity contribution in [3.05, 3.63) is 64.4 Å². The second-order valence-corrected chi connectivity index (χ2v) is 8.34.